The minimum Gasteiger partial charge on any atom is -0.487 e. The molecule has 1 aliphatic carbocycles. The summed E-state index contributed by atoms with van der Waals surface area (Å²) in [6, 6.07) is 4.55. The quantitative estimate of drug-likeness (QED) is 0.365. The Kier molecular flexibility index (Phi) is 5.23. The van der Waals surface area contributed by atoms with Crippen molar-refractivity contribution in [1.82, 2.24) is 19.9 Å². The van der Waals surface area contributed by atoms with E-state index in [-0.39, 0.29) is 51.2 Å². The molecule has 4 atom stereocenters. The predicted molar refractivity (Wildman–Crippen MR) is 147 cm³/mol. The molecular formula is C28H27F3N6O2S. The molecule has 4 aromatic rings. The Balaban J connectivity index is 1.29. The number of ether oxygens (including phenoxy) is 2. The summed E-state index contributed by atoms with van der Waals surface area (Å²) in [5.74, 6) is -0.0801. The van der Waals surface area contributed by atoms with Crippen molar-refractivity contribution in [2.24, 2.45) is 0 Å². The number of benzene rings is 2. The summed E-state index contributed by atoms with van der Waals surface area (Å²) in [6.45, 7) is 1.48. The fraction of sp³-hybridized carbons (Fsp3) is 0.464. The Labute approximate surface area is 231 Å². The van der Waals surface area contributed by atoms with E-state index in [2.05, 4.69) is 14.9 Å². The third-order valence-electron chi connectivity index (χ3n) is 9.15. The molecule has 40 heavy (non-hydrogen) atoms. The lowest BCUT2D eigenvalue weighted by Crippen LogP contribution is -2.51. The molecule has 2 saturated heterocycles. The fourth-order valence-electron chi connectivity index (χ4n) is 7.03. The first-order chi connectivity index (χ1) is 19.3. The van der Waals surface area contributed by atoms with Crippen LogP contribution in [-0.2, 0) is 0 Å². The van der Waals surface area contributed by atoms with Crippen molar-refractivity contribution in [2.75, 3.05) is 37.4 Å². The van der Waals surface area contributed by atoms with Crippen LogP contribution in [0.2, 0.25) is 0 Å². The van der Waals surface area contributed by atoms with Crippen molar-refractivity contribution in [3.8, 4) is 22.9 Å². The third-order valence-corrected chi connectivity index (χ3v) is 10.0. The van der Waals surface area contributed by atoms with Crippen LogP contribution in [0, 0.1) is 11.6 Å². The van der Waals surface area contributed by atoms with Gasteiger partial charge in [-0.1, -0.05) is 11.3 Å². The van der Waals surface area contributed by atoms with E-state index in [0.29, 0.717) is 35.5 Å². The van der Waals surface area contributed by atoms with Crippen molar-refractivity contribution < 1.29 is 22.6 Å². The van der Waals surface area contributed by atoms with E-state index < -0.39 is 23.3 Å². The Bertz CT molecular complexity index is 1700. The molecule has 0 amide bonds. The zero-order valence-corrected chi connectivity index (χ0v) is 22.6. The number of halogens is 3. The van der Waals surface area contributed by atoms with E-state index in [9.17, 15) is 8.78 Å². The number of likely N-dealkylation sites (N-methyl/N-ethyl adjacent to an activating group) is 1. The Hall–Kier alpha value is -3.38. The van der Waals surface area contributed by atoms with Crippen LogP contribution in [0.25, 0.3) is 32.2 Å². The molecule has 2 N–H and O–H groups in total. The molecular weight excluding hydrogens is 541 g/mol. The number of aromatic nitrogens is 3. The Morgan fingerprint density at radius 2 is 2.05 bits per heavy atom. The number of nitrogen functional groups attached to an aromatic ring is 1. The van der Waals surface area contributed by atoms with Gasteiger partial charge in [-0.05, 0) is 50.4 Å². The maximum atomic E-state index is 16.5. The number of thiazole rings is 1. The van der Waals surface area contributed by atoms with E-state index in [0.717, 1.165) is 43.6 Å². The summed E-state index contributed by atoms with van der Waals surface area (Å²) in [4.78, 5) is 17.8. The van der Waals surface area contributed by atoms with E-state index in [1.54, 1.807) is 6.07 Å². The highest BCUT2D eigenvalue weighted by atomic mass is 32.1. The second-order valence-corrected chi connectivity index (χ2v) is 12.4. The first-order valence-corrected chi connectivity index (χ1v) is 14.4. The normalized spacial score (nSPS) is 27.4. The average molecular weight is 569 g/mol. The molecule has 2 aromatic carbocycles. The van der Waals surface area contributed by atoms with Gasteiger partial charge >= 0.3 is 6.01 Å². The second-order valence-electron chi connectivity index (χ2n) is 11.4. The minimum absolute atomic E-state index is 0.0415. The standard InChI is InChI=1S/C28H27F3N6O2S/c1-36-17-5-6-18(17)39-19-9-15(14-3-4-16(30)24-22(14)33-26(32)40-24)21(31)23-20(19)25(36)35-27(34-23)38-12-28-7-2-8-37(28)11-13(29)10-28/h3-4,9,13,17-18H,2,5-8,10-12H2,1H3,(H2,32,33)/t13-,17+,18+,28+/m1/s1. The molecule has 1 saturated carbocycles. The second kappa shape index (κ2) is 8.56. The molecule has 8 nitrogen and oxygen atoms in total. The van der Waals surface area contributed by atoms with Crippen LogP contribution in [0.1, 0.15) is 32.1 Å². The smallest absolute Gasteiger partial charge is 0.319 e. The minimum atomic E-state index is -0.889. The first kappa shape index (κ1) is 24.4. The number of nitrogens with two attached hydrogens (primary N) is 1. The average Bonchev–Trinajstić information content (AvgIpc) is 3.56. The van der Waals surface area contributed by atoms with E-state index in [1.165, 1.54) is 12.1 Å². The predicted octanol–water partition coefficient (Wildman–Crippen LogP) is 5.08. The van der Waals surface area contributed by atoms with Crippen molar-refractivity contribution in [3.05, 3.63) is 29.8 Å². The van der Waals surface area contributed by atoms with E-state index in [4.69, 9.17) is 20.2 Å². The highest BCUT2D eigenvalue weighted by molar-refractivity contribution is 7.22. The van der Waals surface area contributed by atoms with Gasteiger partial charge in [-0.2, -0.15) is 9.97 Å². The first-order valence-electron chi connectivity index (χ1n) is 13.6. The van der Waals surface area contributed by atoms with Gasteiger partial charge in [0, 0.05) is 31.1 Å². The maximum Gasteiger partial charge on any atom is 0.319 e. The molecule has 0 spiro atoms. The van der Waals surface area contributed by atoms with Crippen LogP contribution in [0.4, 0.5) is 24.1 Å². The summed E-state index contributed by atoms with van der Waals surface area (Å²) in [6.07, 6.45) is 3.03. The van der Waals surface area contributed by atoms with Crippen LogP contribution >= 0.6 is 11.3 Å². The lowest BCUT2D eigenvalue weighted by atomic mass is 9.88. The molecule has 3 aliphatic heterocycles. The molecule has 0 radical (unpaired) electrons. The number of fused-ring (bicyclic) bond motifs is 3. The molecule has 5 heterocycles. The molecule has 12 heteroatoms. The van der Waals surface area contributed by atoms with Gasteiger partial charge in [0.2, 0.25) is 0 Å². The number of hydrogen-bond donors (Lipinski definition) is 1. The van der Waals surface area contributed by atoms with Gasteiger partial charge in [0.15, 0.2) is 10.9 Å². The topological polar surface area (TPSA) is 89.6 Å². The molecule has 208 valence electrons. The van der Waals surface area contributed by atoms with Gasteiger partial charge in [0.05, 0.1) is 27.2 Å². The van der Waals surface area contributed by atoms with Crippen molar-refractivity contribution in [3.63, 3.8) is 0 Å². The zero-order chi connectivity index (χ0) is 27.3. The van der Waals surface area contributed by atoms with Crippen LogP contribution in [0.15, 0.2) is 18.2 Å². The van der Waals surface area contributed by atoms with Gasteiger partial charge in [-0.3, -0.25) is 4.90 Å². The maximum absolute atomic E-state index is 16.5. The highest BCUT2D eigenvalue weighted by Gasteiger charge is 2.49. The van der Waals surface area contributed by atoms with Crippen molar-refractivity contribution in [2.45, 2.75) is 56.0 Å². The lowest BCUT2D eigenvalue weighted by molar-refractivity contribution is 0.0947. The number of alkyl halides is 1. The summed E-state index contributed by atoms with van der Waals surface area (Å²) in [7, 11) is 1.93. The molecule has 8 rings (SSSR count). The largest absolute Gasteiger partial charge is 0.487 e. The number of rotatable bonds is 4. The summed E-state index contributed by atoms with van der Waals surface area (Å²) >= 11 is 1.02. The van der Waals surface area contributed by atoms with Gasteiger partial charge in [0.25, 0.3) is 0 Å². The van der Waals surface area contributed by atoms with Crippen LogP contribution in [0.5, 0.6) is 11.8 Å². The Morgan fingerprint density at radius 1 is 1.18 bits per heavy atom. The highest BCUT2D eigenvalue weighted by Crippen LogP contribution is 2.47. The van der Waals surface area contributed by atoms with Gasteiger partial charge in [-0.15, -0.1) is 0 Å². The van der Waals surface area contributed by atoms with Crippen molar-refractivity contribution in [1.29, 1.82) is 0 Å². The summed E-state index contributed by atoms with van der Waals surface area (Å²) in [5.41, 5.74) is 6.43. The fourth-order valence-corrected chi connectivity index (χ4v) is 7.79. The van der Waals surface area contributed by atoms with Crippen LogP contribution in [0.3, 0.4) is 0 Å². The van der Waals surface area contributed by atoms with E-state index >= 15 is 4.39 Å². The monoisotopic (exact) mass is 568 g/mol. The molecule has 2 aromatic heterocycles. The van der Waals surface area contributed by atoms with Crippen molar-refractivity contribution >= 4 is 43.4 Å². The van der Waals surface area contributed by atoms with Gasteiger partial charge in [0.1, 0.15) is 41.8 Å². The van der Waals surface area contributed by atoms with Crippen LogP contribution in [-0.4, -0.2) is 70.5 Å². The molecule has 3 fully saturated rings. The number of hydrogen-bond acceptors (Lipinski definition) is 9. The molecule has 4 aliphatic rings. The SMILES string of the molecule is CN1c2nc(OC[C@@]34CCCN3C[C@H](F)C4)nc3c(F)c(-c4ccc(F)c5sc(N)nc45)cc(c23)O[C@H]2CC[C@@H]21. The number of nitrogens with zero attached hydrogens (tertiary/aromatic N) is 5. The molecule has 0 bridgehead atoms. The Morgan fingerprint density at radius 3 is 2.88 bits per heavy atom. The lowest BCUT2D eigenvalue weighted by Gasteiger charge is -2.40. The zero-order valence-electron chi connectivity index (χ0n) is 21.8. The number of anilines is 2. The molecule has 0 unspecified atom stereocenters. The van der Waals surface area contributed by atoms with E-state index in [1.807, 2.05) is 11.9 Å². The van der Waals surface area contributed by atoms with Gasteiger partial charge in [-0.25, -0.2) is 18.2 Å². The van der Waals surface area contributed by atoms with Gasteiger partial charge < -0.3 is 20.1 Å². The third kappa shape index (κ3) is 3.44. The van der Waals surface area contributed by atoms with Crippen LogP contribution < -0.4 is 20.1 Å². The summed E-state index contributed by atoms with van der Waals surface area (Å²) < 4.78 is 58.3. The summed E-state index contributed by atoms with van der Waals surface area (Å²) in [5, 5.41) is 0.658.